The van der Waals surface area contributed by atoms with Crippen LogP contribution in [0.15, 0.2) is 30.7 Å². The first-order valence-electron chi connectivity index (χ1n) is 2.05. The van der Waals surface area contributed by atoms with Crippen LogP contribution in [0.2, 0.25) is 0 Å². The van der Waals surface area contributed by atoms with E-state index >= 15 is 0 Å². The third-order valence-corrected chi connectivity index (χ3v) is 0.568. The second kappa shape index (κ2) is 5.35. The average Bonchev–Trinajstić information content (AvgIpc) is 1.67. The molecule has 0 spiro atoms. The zero-order valence-corrected chi connectivity index (χ0v) is 8.04. The Morgan fingerprint density at radius 3 is 2.22 bits per heavy atom. The van der Waals surface area contributed by atoms with Gasteiger partial charge in [-0.1, -0.05) is 6.58 Å². The largest absolute Gasteiger partial charge is 0.591 e. The quantitative estimate of drug-likeness (QED) is 0.440. The molecule has 3 heteroatoms. The van der Waals surface area contributed by atoms with E-state index in [1.165, 1.54) is 6.08 Å². The summed E-state index contributed by atoms with van der Waals surface area (Å²) in [5.74, 6) is -0.0833. The monoisotopic (exact) mass is 351 g/mol. The van der Waals surface area contributed by atoms with Crippen LogP contribution in [-0.2, 0) is 0 Å². The van der Waals surface area contributed by atoms with Crippen molar-refractivity contribution < 1.29 is 19.4 Å². The van der Waals surface area contributed by atoms with Crippen LogP contribution in [-0.4, -0.2) is 5.11 Å². The Balaban J connectivity index is 0. The second-order valence-electron chi connectivity index (χ2n) is 1.26. The number of hydrogen-bond donors (Lipinski definition) is 2. The molecule has 0 unspecified atom stereocenters. The molecule has 0 atom stereocenters. The molecule has 0 rings (SSSR count). The van der Waals surface area contributed by atoms with Gasteiger partial charge in [0.05, 0.1) is 0 Å². The van der Waals surface area contributed by atoms with Crippen molar-refractivity contribution in [3.8, 4) is 0 Å². The summed E-state index contributed by atoms with van der Waals surface area (Å²) in [5, 5.41) is 8.66. The molecule has 51 valence electrons. The minimum absolute atomic E-state index is 0. The van der Waals surface area contributed by atoms with E-state index in [1.807, 2.05) is 0 Å². The molecule has 0 aliphatic carbocycles. The summed E-state index contributed by atoms with van der Waals surface area (Å²) >= 11 is 0. The minimum Gasteiger partial charge on any atom is -0.591 e. The number of hydrogen-bond acceptors (Lipinski definition) is 2. The topological polar surface area (TPSA) is 46.2 Å². The molecule has 0 heterocycles. The summed E-state index contributed by atoms with van der Waals surface area (Å²) in [5.41, 5.74) is 5.17. The third kappa shape index (κ3) is 5.07. The molecular weight excluding hydrogens is 345 g/mol. The molecule has 0 amide bonds. The van der Waals surface area contributed by atoms with Gasteiger partial charge in [-0.15, -0.1) is 0 Å². The SMILES string of the molecule is C=[C-]/C=C(/O)C(=C)N.[Am]. The van der Waals surface area contributed by atoms with Gasteiger partial charge in [-0.25, -0.2) is 0 Å². The van der Waals surface area contributed by atoms with Gasteiger partial charge in [-0.3, -0.25) is 6.08 Å². The van der Waals surface area contributed by atoms with Crippen LogP contribution >= 0.6 is 0 Å². The Morgan fingerprint density at radius 1 is 1.67 bits per heavy atom. The molecule has 0 saturated carbocycles. The van der Waals surface area contributed by atoms with E-state index in [2.05, 4.69) is 19.2 Å². The van der Waals surface area contributed by atoms with E-state index in [9.17, 15) is 0 Å². The van der Waals surface area contributed by atoms with Gasteiger partial charge in [0.15, 0.2) is 0 Å². The fraction of sp³-hybridized carbons (Fsp3) is 0. The van der Waals surface area contributed by atoms with Crippen molar-refractivity contribution in [1.82, 2.24) is 0 Å². The van der Waals surface area contributed by atoms with Crippen LogP contribution in [0, 0.1) is 20.4 Å². The fourth-order valence-corrected chi connectivity index (χ4v) is 0.189. The Hall–Kier alpha value is -0.790. The first-order valence-corrected chi connectivity index (χ1v) is 2.05. The fourth-order valence-electron chi connectivity index (χ4n) is 0.189. The van der Waals surface area contributed by atoms with Crippen LogP contribution in [0.3, 0.4) is 0 Å². The minimum atomic E-state index is -0.0833. The summed E-state index contributed by atoms with van der Waals surface area (Å²) in [6.07, 6.45) is 3.60. The molecule has 0 aliphatic rings. The number of aliphatic hydroxyl groups excluding tert-OH is 1. The Morgan fingerprint density at radius 2 is 2.11 bits per heavy atom. The first-order chi connectivity index (χ1) is 3.68. The maximum atomic E-state index is 8.66. The van der Waals surface area contributed by atoms with Crippen molar-refractivity contribution in [2.45, 2.75) is 0 Å². The first kappa shape index (κ1) is 11.1. The average molecular weight is 353 g/mol. The summed E-state index contributed by atoms with van der Waals surface area (Å²) < 4.78 is 0. The molecule has 0 bridgehead atoms. The summed E-state index contributed by atoms with van der Waals surface area (Å²) in [6.45, 7) is 6.49. The molecule has 0 aromatic carbocycles. The van der Waals surface area contributed by atoms with Crippen LogP contribution in [0.5, 0.6) is 0 Å². The Kier molecular flexibility index (Phi) is 6.58. The smallest absolute Gasteiger partial charge is 0 e. The van der Waals surface area contributed by atoms with E-state index in [1.54, 1.807) is 0 Å². The van der Waals surface area contributed by atoms with Gasteiger partial charge in [0.25, 0.3) is 0 Å². The van der Waals surface area contributed by atoms with Crippen LogP contribution in [0.25, 0.3) is 0 Å². The Bertz CT molecular complexity index is 140. The van der Waals surface area contributed by atoms with E-state index in [0.717, 1.165) is 0 Å². The number of rotatable bonds is 2. The van der Waals surface area contributed by atoms with Gasteiger partial charge in [-0.05, 0) is 11.5 Å². The zero-order valence-electron chi connectivity index (χ0n) is 4.89. The van der Waals surface area contributed by atoms with Crippen molar-refractivity contribution in [3.63, 3.8) is 0 Å². The van der Waals surface area contributed by atoms with E-state index in [4.69, 9.17) is 10.8 Å². The van der Waals surface area contributed by atoms with Gasteiger partial charge in [0, 0.05) is 14.3 Å². The molecular formula is C6H8AmNO-. The van der Waals surface area contributed by atoms with Crippen LogP contribution < -0.4 is 5.73 Å². The normalized spacial score (nSPS) is 9.56. The van der Waals surface area contributed by atoms with Gasteiger partial charge in [0.1, 0.15) is 0 Å². The maximum Gasteiger partial charge on any atom is 0 e. The number of nitrogens with two attached hydrogens (primary N) is 1. The van der Waals surface area contributed by atoms with Gasteiger partial charge < -0.3 is 10.8 Å². The van der Waals surface area contributed by atoms with Gasteiger partial charge in [-0.2, -0.15) is 12.7 Å². The number of allylic oxidation sites excluding steroid dienone is 2. The van der Waals surface area contributed by atoms with E-state index < -0.39 is 0 Å². The molecule has 0 fully saturated rings. The Labute approximate surface area is 62.6 Å². The molecule has 0 saturated heterocycles. The summed E-state index contributed by atoms with van der Waals surface area (Å²) in [7, 11) is 0. The van der Waals surface area contributed by atoms with Crippen molar-refractivity contribution in [2.75, 3.05) is 0 Å². The molecule has 2 nitrogen and oxygen atoms in total. The van der Waals surface area contributed by atoms with Gasteiger partial charge >= 0.3 is 0 Å². The van der Waals surface area contributed by atoms with Gasteiger partial charge in [0.2, 0.25) is 0 Å². The molecule has 3 N–H and O–H groups in total. The summed E-state index contributed by atoms with van der Waals surface area (Å²) in [4.78, 5) is 0. The third-order valence-electron chi connectivity index (χ3n) is 0.568. The van der Waals surface area contributed by atoms with Crippen molar-refractivity contribution >= 4 is 0 Å². The van der Waals surface area contributed by atoms with E-state index in [-0.39, 0.29) is 25.7 Å². The van der Waals surface area contributed by atoms with Crippen molar-refractivity contribution in [3.05, 3.63) is 36.8 Å². The predicted molar refractivity (Wildman–Crippen MR) is 32.9 cm³/mol. The predicted octanol–water partition coefficient (Wildman–Crippen LogP) is 0.890. The maximum absolute atomic E-state index is 8.66. The molecule has 9 heavy (non-hydrogen) atoms. The molecule has 1 radical (unpaired) electrons. The molecule has 0 aliphatic heterocycles. The molecule has 0 aromatic rings. The molecule has 0 aromatic heterocycles. The zero-order chi connectivity index (χ0) is 6.57. The van der Waals surface area contributed by atoms with Crippen molar-refractivity contribution in [1.29, 1.82) is 0 Å². The van der Waals surface area contributed by atoms with Crippen LogP contribution in [0.1, 0.15) is 0 Å². The van der Waals surface area contributed by atoms with Crippen molar-refractivity contribution in [2.24, 2.45) is 5.73 Å². The summed E-state index contributed by atoms with van der Waals surface area (Å²) in [6, 6.07) is 0. The van der Waals surface area contributed by atoms with Crippen LogP contribution in [0.4, 0.5) is 0 Å². The second-order valence-corrected chi connectivity index (χ2v) is 1.26. The standard InChI is InChI=1S/C6H8NO.Am/c1-3-4-6(8)5(2)7;/h4,8H,1-2,7H2;/q-1;/b6-4+;. The number of aliphatic hydroxyl groups is 1. The van der Waals surface area contributed by atoms with E-state index in [0.29, 0.717) is 0 Å².